The van der Waals surface area contributed by atoms with Crippen molar-refractivity contribution in [3.8, 4) is 0 Å². The highest BCUT2D eigenvalue weighted by molar-refractivity contribution is 8.00. The van der Waals surface area contributed by atoms with Crippen LogP contribution in [-0.4, -0.2) is 66.7 Å². The number of nitro benzene ring substituents is 2. The molecule has 0 unspecified atom stereocenters. The van der Waals surface area contributed by atoms with Crippen molar-refractivity contribution >= 4 is 34.5 Å². The lowest BCUT2D eigenvalue weighted by Crippen LogP contribution is -2.57. The van der Waals surface area contributed by atoms with Crippen LogP contribution in [0.1, 0.15) is 0 Å². The smallest absolute Gasteiger partial charge is 0.299 e. The van der Waals surface area contributed by atoms with E-state index in [2.05, 4.69) is 5.32 Å². The van der Waals surface area contributed by atoms with Crippen LogP contribution in [0.2, 0.25) is 0 Å². The van der Waals surface area contributed by atoms with E-state index in [0.29, 0.717) is 17.4 Å². The van der Waals surface area contributed by atoms with Gasteiger partial charge in [-0.05, 0) is 18.2 Å². The van der Waals surface area contributed by atoms with Crippen molar-refractivity contribution in [2.24, 2.45) is 0 Å². The molecule has 0 saturated carbocycles. The average molecular weight is 453 g/mol. The van der Waals surface area contributed by atoms with E-state index in [1.165, 1.54) is 6.07 Å². The number of para-hydroxylation sites is 1. The number of anilines is 2. The van der Waals surface area contributed by atoms with Gasteiger partial charge in [-0.25, -0.2) is 0 Å². The van der Waals surface area contributed by atoms with E-state index in [-0.39, 0.29) is 10.6 Å². The molecule has 31 heavy (non-hydrogen) atoms. The van der Waals surface area contributed by atoms with Crippen molar-refractivity contribution in [1.29, 1.82) is 0 Å². The Kier molecular flexibility index (Phi) is 7.04. The van der Waals surface area contributed by atoms with E-state index >= 15 is 0 Å². The van der Waals surface area contributed by atoms with Crippen LogP contribution < -0.4 is 5.32 Å². The molecule has 166 valence electrons. The summed E-state index contributed by atoms with van der Waals surface area (Å²) in [5, 5.41) is 65.3. The van der Waals surface area contributed by atoms with Gasteiger partial charge < -0.3 is 30.5 Å². The summed E-state index contributed by atoms with van der Waals surface area (Å²) in [6.45, 7) is -0.662. The van der Waals surface area contributed by atoms with Gasteiger partial charge in [-0.2, -0.15) is 0 Å². The van der Waals surface area contributed by atoms with Crippen LogP contribution in [0, 0.1) is 20.2 Å². The Morgan fingerprint density at radius 1 is 0.968 bits per heavy atom. The molecule has 12 nitrogen and oxygen atoms in total. The summed E-state index contributed by atoms with van der Waals surface area (Å²) in [5.41, 5.74) is -1.96. The molecule has 5 N–H and O–H groups in total. The van der Waals surface area contributed by atoms with Gasteiger partial charge in [-0.1, -0.05) is 30.0 Å². The molecule has 1 aliphatic heterocycles. The molecule has 1 aliphatic rings. The molecular weight excluding hydrogens is 434 g/mol. The van der Waals surface area contributed by atoms with E-state index in [1.807, 2.05) is 0 Å². The number of aliphatic hydroxyl groups excluding tert-OH is 4. The summed E-state index contributed by atoms with van der Waals surface area (Å²) in [5.74, 6) is 0. The lowest BCUT2D eigenvalue weighted by Gasteiger charge is -2.39. The first-order valence-electron chi connectivity index (χ1n) is 8.99. The molecule has 0 aliphatic carbocycles. The Balaban J connectivity index is 2.01. The lowest BCUT2D eigenvalue weighted by molar-refractivity contribution is -0.395. The number of aliphatic hydroxyl groups is 4. The van der Waals surface area contributed by atoms with E-state index < -0.39 is 57.7 Å². The fourth-order valence-electron chi connectivity index (χ4n) is 3.01. The number of nitrogens with one attached hydrogen (secondary N) is 1. The van der Waals surface area contributed by atoms with Crippen LogP contribution in [0.3, 0.4) is 0 Å². The largest absolute Gasteiger partial charge is 0.394 e. The zero-order valence-corrected chi connectivity index (χ0v) is 16.6. The molecule has 0 radical (unpaired) electrons. The van der Waals surface area contributed by atoms with Crippen LogP contribution in [0.25, 0.3) is 0 Å². The van der Waals surface area contributed by atoms with Crippen LogP contribution in [-0.2, 0) is 4.74 Å². The van der Waals surface area contributed by atoms with Gasteiger partial charge in [0.05, 0.1) is 27.4 Å². The SMILES string of the molecule is O=[N+]([O-])c1cc([N+](=O)[O-])c(S[C@@H]2O[C@H](CO)[C@H](O)[C@H](O)[C@H]2O)cc1Nc1ccccc1. The van der Waals surface area contributed by atoms with Crippen molar-refractivity contribution < 1.29 is 35.0 Å². The maximum Gasteiger partial charge on any atom is 0.299 e. The van der Waals surface area contributed by atoms with Gasteiger partial charge in [0.15, 0.2) is 0 Å². The first-order valence-corrected chi connectivity index (χ1v) is 9.87. The molecule has 1 saturated heterocycles. The van der Waals surface area contributed by atoms with Crippen molar-refractivity contribution in [3.63, 3.8) is 0 Å². The maximum atomic E-state index is 11.5. The molecule has 5 atom stereocenters. The highest BCUT2D eigenvalue weighted by Crippen LogP contribution is 2.43. The Bertz CT molecular complexity index is 960. The minimum atomic E-state index is -1.66. The molecular formula is C18H19N3O9S. The predicted molar refractivity (Wildman–Crippen MR) is 109 cm³/mol. The number of nitro groups is 2. The Morgan fingerprint density at radius 3 is 2.19 bits per heavy atom. The van der Waals surface area contributed by atoms with Gasteiger partial charge >= 0.3 is 0 Å². The standard InChI is InChI=1S/C18H19N3O9S/c22-8-13-15(23)16(24)17(25)18(30-13)31-14-6-10(19-9-4-2-1-3-5-9)11(20(26)27)7-12(14)21(28)29/h1-7,13,15-19,22-25H,8H2/t13-,15+,16+,17-,18+/m1/s1. The van der Waals surface area contributed by atoms with Gasteiger partial charge in [0.1, 0.15) is 35.5 Å². The third kappa shape index (κ3) is 4.92. The van der Waals surface area contributed by atoms with Crippen LogP contribution in [0.5, 0.6) is 0 Å². The topological polar surface area (TPSA) is 188 Å². The summed E-state index contributed by atoms with van der Waals surface area (Å²) in [6, 6.07) is 10.4. The first-order chi connectivity index (χ1) is 14.7. The molecule has 1 fully saturated rings. The molecule has 2 aromatic rings. The fraction of sp³-hybridized carbons (Fsp3) is 0.333. The minimum absolute atomic E-state index is 0.0334. The van der Waals surface area contributed by atoms with Crippen LogP contribution in [0.4, 0.5) is 22.7 Å². The molecule has 3 rings (SSSR count). The fourth-order valence-corrected chi connectivity index (χ4v) is 4.20. The second-order valence-electron chi connectivity index (χ2n) is 6.66. The van der Waals surface area contributed by atoms with Gasteiger partial charge in [0.25, 0.3) is 11.4 Å². The highest BCUT2D eigenvalue weighted by Gasteiger charge is 2.44. The number of thioether (sulfide) groups is 1. The molecule has 13 heteroatoms. The van der Waals surface area contributed by atoms with Crippen molar-refractivity contribution in [2.75, 3.05) is 11.9 Å². The number of nitrogens with zero attached hydrogens (tertiary/aromatic N) is 2. The molecule has 0 aromatic heterocycles. The van der Waals surface area contributed by atoms with E-state index in [9.17, 15) is 40.7 Å². The summed E-state index contributed by atoms with van der Waals surface area (Å²) < 4.78 is 5.38. The Labute approximate surface area is 179 Å². The molecule has 2 aromatic carbocycles. The van der Waals surface area contributed by atoms with Gasteiger partial charge in [0.2, 0.25) is 0 Å². The monoisotopic (exact) mass is 453 g/mol. The third-order valence-corrected chi connectivity index (χ3v) is 5.82. The summed E-state index contributed by atoms with van der Waals surface area (Å²) >= 11 is 0.639. The number of hydrogen-bond donors (Lipinski definition) is 5. The quantitative estimate of drug-likeness (QED) is 0.298. The second-order valence-corrected chi connectivity index (χ2v) is 7.80. The van der Waals surface area contributed by atoms with Crippen LogP contribution >= 0.6 is 11.8 Å². The zero-order chi connectivity index (χ0) is 22.7. The summed E-state index contributed by atoms with van der Waals surface area (Å²) in [6.07, 6.45) is -6.08. The van der Waals surface area contributed by atoms with Crippen LogP contribution in [0.15, 0.2) is 47.4 Å². The van der Waals surface area contributed by atoms with E-state index in [1.54, 1.807) is 30.3 Å². The van der Waals surface area contributed by atoms with Crippen molar-refractivity contribution in [1.82, 2.24) is 0 Å². The number of benzene rings is 2. The summed E-state index contributed by atoms with van der Waals surface area (Å²) in [7, 11) is 0. The first kappa shape index (κ1) is 22.9. The summed E-state index contributed by atoms with van der Waals surface area (Å²) in [4.78, 5) is 21.4. The maximum absolute atomic E-state index is 11.5. The Morgan fingerprint density at radius 2 is 1.61 bits per heavy atom. The van der Waals surface area contributed by atoms with Crippen molar-refractivity contribution in [2.45, 2.75) is 34.7 Å². The highest BCUT2D eigenvalue weighted by atomic mass is 32.2. The molecule has 0 amide bonds. The number of ether oxygens (including phenoxy) is 1. The second kappa shape index (κ2) is 9.55. The van der Waals surface area contributed by atoms with Gasteiger partial charge in [0, 0.05) is 5.69 Å². The number of rotatable bonds is 7. The molecule has 0 spiro atoms. The van der Waals surface area contributed by atoms with Gasteiger partial charge in [-0.3, -0.25) is 20.2 Å². The average Bonchev–Trinajstić information content (AvgIpc) is 2.74. The molecule has 0 bridgehead atoms. The predicted octanol–water partition coefficient (Wildman–Crippen LogP) is 1.14. The lowest BCUT2D eigenvalue weighted by atomic mass is 10.0. The normalized spacial score (nSPS) is 25.7. The van der Waals surface area contributed by atoms with E-state index in [0.717, 1.165) is 6.07 Å². The van der Waals surface area contributed by atoms with Crippen molar-refractivity contribution in [3.05, 3.63) is 62.7 Å². The number of hydrogen-bond acceptors (Lipinski definition) is 11. The minimum Gasteiger partial charge on any atom is -0.394 e. The van der Waals surface area contributed by atoms with Gasteiger partial charge in [-0.15, -0.1) is 0 Å². The zero-order valence-electron chi connectivity index (χ0n) is 15.8. The molecule has 1 heterocycles. The van der Waals surface area contributed by atoms with E-state index in [4.69, 9.17) is 4.74 Å². The third-order valence-electron chi connectivity index (χ3n) is 4.62. The Hall–Kier alpha value is -2.81.